The molecule has 5 nitrogen and oxygen atoms in total. The van der Waals surface area contributed by atoms with Crippen LogP contribution in [0.1, 0.15) is 69.1 Å². The molecule has 1 aromatic carbocycles. The lowest BCUT2D eigenvalue weighted by molar-refractivity contribution is -0.140. The van der Waals surface area contributed by atoms with Crippen LogP contribution in [0.25, 0.3) is 6.08 Å². The van der Waals surface area contributed by atoms with Gasteiger partial charge in [-0.25, -0.2) is 0 Å². The number of hydrogen-bond donors (Lipinski definition) is 3. The first-order valence-electron chi connectivity index (χ1n) is 9.37. The van der Waals surface area contributed by atoms with Gasteiger partial charge in [-0.1, -0.05) is 62.6 Å². The van der Waals surface area contributed by atoms with Gasteiger partial charge in [-0.3, -0.25) is 4.79 Å². The highest BCUT2D eigenvalue weighted by atomic mass is 16.5. The van der Waals surface area contributed by atoms with E-state index in [9.17, 15) is 20.1 Å². The molecule has 3 N–H and O–H groups in total. The smallest absolute Gasteiger partial charge is 0.305 e. The van der Waals surface area contributed by atoms with Crippen LogP contribution in [0.15, 0.2) is 30.3 Å². The van der Waals surface area contributed by atoms with Gasteiger partial charge in [-0.2, -0.15) is 0 Å². The third-order valence-electron chi connectivity index (χ3n) is 4.41. The average Bonchev–Trinajstić information content (AvgIpc) is 2.66. The molecule has 26 heavy (non-hydrogen) atoms. The van der Waals surface area contributed by atoms with Crippen molar-refractivity contribution < 1.29 is 24.9 Å². The molecular weight excluding hydrogens is 332 g/mol. The van der Waals surface area contributed by atoms with E-state index in [2.05, 4.69) is 11.7 Å². The largest absolute Gasteiger partial charge is 0.469 e. The lowest BCUT2D eigenvalue weighted by Gasteiger charge is -2.16. The van der Waals surface area contributed by atoms with Crippen molar-refractivity contribution >= 4 is 12.0 Å². The lowest BCUT2D eigenvalue weighted by atomic mass is 9.97. The molecule has 146 valence electrons. The first kappa shape index (κ1) is 22.4. The number of unbranched alkanes of at least 4 members (excludes halogenated alkanes) is 2. The Morgan fingerprint density at radius 2 is 1.85 bits per heavy atom. The summed E-state index contributed by atoms with van der Waals surface area (Å²) in [6.07, 6.45) is 5.59. The van der Waals surface area contributed by atoms with Gasteiger partial charge in [0, 0.05) is 6.42 Å². The summed E-state index contributed by atoms with van der Waals surface area (Å²) in [4.78, 5) is 11.1. The van der Waals surface area contributed by atoms with Gasteiger partial charge >= 0.3 is 5.97 Å². The lowest BCUT2D eigenvalue weighted by Crippen LogP contribution is -2.23. The van der Waals surface area contributed by atoms with Crippen molar-refractivity contribution in [2.45, 2.75) is 70.2 Å². The zero-order valence-corrected chi connectivity index (χ0v) is 15.8. The van der Waals surface area contributed by atoms with Gasteiger partial charge in [0.25, 0.3) is 0 Å². The topological polar surface area (TPSA) is 87.0 Å². The second-order valence-electron chi connectivity index (χ2n) is 6.53. The summed E-state index contributed by atoms with van der Waals surface area (Å²) in [5.41, 5.74) is 1.66. The zero-order valence-electron chi connectivity index (χ0n) is 15.8. The number of carbonyl (C=O) groups excluding carboxylic acids is 1. The first-order valence-corrected chi connectivity index (χ1v) is 9.37. The van der Waals surface area contributed by atoms with E-state index in [4.69, 9.17) is 0 Å². The van der Waals surface area contributed by atoms with Crippen molar-refractivity contribution in [3.05, 3.63) is 41.5 Å². The molecule has 0 aliphatic rings. The number of aliphatic hydroxyl groups excluding tert-OH is 3. The average molecular weight is 364 g/mol. The highest BCUT2D eigenvalue weighted by Crippen LogP contribution is 2.24. The van der Waals surface area contributed by atoms with E-state index in [0.29, 0.717) is 19.3 Å². The number of carbonyl (C=O) groups is 1. The Bertz CT molecular complexity index is 555. The zero-order chi connectivity index (χ0) is 19.4. The summed E-state index contributed by atoms with van der Waals surface area (Å²) in [5, 5.41) is 30.5. The normalized spacial score (nSPS) is 15.0. The van der Waals surface area contributed by atoms with Crippen LogP contribution in [-0.2, 0) is 9.53 Å². The van der Waals surface area contributed by atoms with Crippen LogP contribution < -0.4 is 0 Å². The summed E-state index contributed by atoms with van der Waals surface area (Å²) in [6, 6.07) is 7.52. The van der Waals surface area contributed by atoms with E-state index in [-0.39, 0.29) is 12.4 Å². The minimum Gasteiger partial charge on any atom is -0.469 e. The Hall–Kier alpha value is -1.69. The van der Waals surface area contributed by atoms with Crippen LogP contribution >= 0.6 is 0 Å². The molecule has 0 saturated carbocycles. The van der Waals surface area contributed by atoms with E-state index in [1.54, 1.807) is 6.08 Å². The van der Waals surface area contributed by atoms with Gasteiger partial charge in [-0.15, -0.1) is 0 Å². The second-order valence-corrected chi connectivity index (χ2v) is 6.53. The maximum Gasteiger partial charge on any atom is 0.305 e. The number of aliphatic hydroxyl groups is 3. The number of methoxy groups -OCH3 is 1. The Morgan fingerprint density at radius 1 is 1.12 bits per heavy atom. The molecule has 0 saturated heterocycles. The van der Waals surface area contributed by atoms with Gasteiger partial charge in [-0.05, 0) is 30.4 Å². The summed E-state index contributed by atoms with van der Waals surface area (Å²) in [7, 11) is 1.32. The highest BCUT2D eigenvalue weighted by molar-refractivity contribution is 5.69. The fourth-order valence-electron chi connectivity index (χ4n) is 2.77. The van der Waals surface area contributed by atoms with E-state index in [1.807, 2.05) is 24.3 Å². The molecule has 0 fully saturated rings. The van der Waals surface area contributed by atoms with Crippen LogP contribution in [0.2, 0.25) is 0 Å². The number of esters is 1. The van der Waals surface area contributed by atoms with Crippen molar-refractivity contribution in [3.63, 3.8) is 0 Å². The highest BCUT2D eigenvalue weighted by Gasteiger charge is 2.15. The minimum absolute atomic E-state index is 0.219. The molecule has 0 aromatic heterocycles. The third kappa shape index (κ3) is 8.13. The maximum absolute atomic E-state index is 11.1. The fourth-order valence-corrected chi connectivity index (χ4v) is 2.77. The van der Waals surface area contributed by atoms with Crippen molar-refractivity contribution in [2.24, 2.45) is 0 Å². The number of ether oxygens (including phenoxy) is 1. The van der Waals surface area contributed by atoms with Crippen LogP contribution in [0.3, 0.4) is 0 Å². The van der Waals surface area contributed by atoms with Crippen molar-refractivity contribution in [2.75, 3.05) is 7.11 Å². The molecule has 0 aliphatic heterocycles. The quantitative estimate of drug-likeness (QED) is 0.391. The summed E-state index contributed by atoms with van der Waals surface area (Å²) >= 11 is 0. The molecule has 5 heteroatoms. The first-order chi connectivity index (χ1) is 12.5. The summed E-state index contributed by atoms with van der Waals surface area (Å²) < 4.78 is 4.55. The number of benzene rings is 1. The molecular formula is C21H32O5. The molecule has 1 aromatic rings. The molecule has 0 bridgehead atoms. The fraction of sp³-hybridized carbons (Fsp3) is 0.571. The van der Waals surface area contributed by atoms with Gasteiger partial charge in [0.15, 0.2) is 0 Å². The summed E-state index contributed by atoms with van der Waals surface area (Å²) in [6.45, 7) is 2.13. The molecule has 3 atom stereocenters. The summed E-state index contributed by atoms with van der Waals surface area (Å²) in [5.74, 6) is -0.326. The van der Waals surface area contributed by atoms with Gasteiger partial charge < -0.3 is 20.1 Å². The van der Waals surface area contributed by atoms with Crippen LogP contribution in [0, 0.1) is 0 Å². The van der Waals surface area contributed by atoms with Crippen molar-refractivity contribution in [1.29, 1.82) is 0 Å². The number of rotatable bonds is 12. The third-order valence-corrected chi connectivity index (χ3v) is 4.41. The van der Waals surface area contributed by atoms with Crippen molar-refractivity contribution in [1.82, 2.24) is 0 Å². The van der Waals surface area contributed by atoms with Crippen LogP contribution in [0.5, 0.6) is 0 Å². The molecule has 0 aliphatic carbocycles. The monoisotopic (exact) mass is 364 g/mol. The Balaban J connectivity index is 2.62. The Morgan fingerprint density at radius 3 is 2.54 bits per heavy atom. The predicted molar refractivity (Wildman–Crippen MR) is 102 cm³/mol. The molecule has 0 amide bonds. The molecule has 0 radical (unpaired) electrons. The van der Waals surface area contributed by atoms with Gasteiger partial charge in [0.05, 0.1) is 25.4 Å². The Labute approximate surface area is 156 Å². The van der Waals surface area contributed by atoms with Gasteiger partial charge in [0.1, 0.15) is 0 Å². The molecule has 1 rings (SSSR count). The maximum atomic E-state index is 11.1. The van der Waals surface area contributed by atoms with Gasteiger partial charge in [0.2, 0.25) is 0 Å². The van der Waals surface area contributed by atoms with Crippen LogP contribution in [-0.4, -0.2) is 40.6 Å². The molecule has 0 heterocycles. The number of hydrogen-bond acceptors (Lipinski definition) is 5. The predicted octanol–water partition coefficient (Wildman–Crippen LogP) is 3.38. The molecule has 0 spiro atoms. The second kappa shape index (κ2) is 12.6. The Kier molecular flexibility index (Phi) is 10.9. The molecule has 0 unspecified atom stereocenters. The standard InChI is InChI=1S/C21H32O5/c1-3-4-5-11-18(22)17-10-7-6-9-16(17)14-15-20(24)19(23)12-8-13-21(25)26-2/h6-7,9-10,14-15,18-20,22-24H,3-5,8,11-13H2,1-2H3/t18-,19-,20+/m0/s1. The van der Waals surface area contributed by atoms with E-state index >= 15 is 0 Å². The van der Waals surface area contributed by atoms with Crippen molar-refractivity contribution in [3.8, 4) is 0 Å². The van der Waals surface area contributed by atoms with E-state index in [0.717, 1.165) is 30.4 Å². The van der Waals surface area contributed by atoms with Crippen LogP contribution in [0.4, 0.5) is 0 Å². The van der Waals surface area contributed by atoms with E-state index in [1.165, 1.54) is 13.2 Å². The SMILES string of the molecule is CCCCC[C@H](O)c1ccccc1C=C[C@@H](O)[C@@H](O)CCCC(=O)OC. The minimum atomic E-state index is -1.03. The van der Waals surface area contributed by atoms with E-state index < -0.39 is 18.3 Å².